The number of likely N-dealkylation sites (N-methyl/N-ethyl adjacent to an activating group) is 1. The first-order chi connectivity index (χ1) is 32.3. The zero-order chi connectivity index (χ0) is 49.9. The van der Waals surface area contributed by atoms with Crippen LogP contribution in [0.1, 0.15) is 72.9 Å². The molecule has 4 aromatic rings. The molecule has 4 unspecified atom stereocenters. The van der Waals surface area contributed by atoms with E-state index in [1.807, 2.05) is 30.3 Å². The lowest BCUT2D eigenvalue weighted by Crippen LogP contribution is -2.56. The van der Waals surface area contributed by atoms with Crippen molar-refractivity contribution in [2.24, 2.45) is 17.2 Å². The Morgan fingerprint density at radius 2 is 1.51 bits per heavy atom. The molecule has 2 heterocycles. The van der Waals surface area contributed by atoms with Crippen LogP contribution in [0.5, 0.6) is 11.5 Å². The average molecular weight is 933 g/mol. The number of aryl methyl sites for hydroxylation is 1. The van der Waals surface area contributed by atoms with E-state index in [1.165, 1.54) is 18.9 Å². The standard InChI is InChI=1S/C49H64N12O7/c1-28-40(43(60(6)7)59-42(55-28)31-10-13-33(14-11-31)49(3,4)5)46(64)57-36(17-18-50)48(66)61(8)41-32-12-16-39(68-24-21-53)35(27-32)34-25-30(9-15-38(34)67-23-20-52)26-37(45(63)54-22-19-51)58-44(62)29(2)56-47(41)65/h9-16,25,27,29,36-37,41H,17-18,20-24,26,50,52-53H2,1-8H3,(H,54,63)(H,56,65)(H,57,64)(H,58,62). The van der Waals surface area contributed by atoms with E-state index in [-0.39, 0.29) is 63.2 Å². The number of fused-ring (bicyclic) bond motifs is 5. The number of rotatable bonds is 16. The van der Waals surface area contributed by atoms with Crippen molar-refractivity contribution in [3.8, 4) is 40.1 Å². The Labute approximate surface area is 397 Å². The van der Waals surface area contributed by atoms with Crippen LogP contribution in [-0.2, 0) is 31.0 Å². The number of aromatic nitrogens is 2. The minimum absolute atomic E-state index is 0.00207. The number of carbonyl (C=O) groups is 5. The Kier molecular flexibility index (Phi) is 17.6. The van der Waals surface area contributed by atoms with Crippen molar-refractivity contribution in [2.45, 2.75) is 77.0 Å². The lowest BCUT2D eigenvalue weighted by atomic mass is 9.86. The molecule has 0 radical (unpaired) electrons. The van der Waals surface area contributed by atoms with Crippen LogP contribution in [0.3, 0.4) is 0 Å². The summed E-state index contributed by atoms with van der Waals surface area (Å²) < 4.78 is 12.2. The molecule has 362 valence electrons. The van der Waals surface area contributed by atoms with Crippen LogP contribution in [-0.4, -0.2) is 123 Å². The largest absolute Gasteiger partial charge is 0.492 e. The number of nitrogens with two attached hydrogens (primary N) is 3. The van der Waals surface area contributed by atoms with Gasteiger partial charge in [-0.05, 0) is 73.2 Å². The minimum atomic E-state index is -1.42. The highest BCUT2D eigenvalue weighted by Gasteiger charge is 2.37. The van der Waals surface area contributed by atoms with E-state index in [1.54, 1.807) is 62.3 Å². The Bertz CT molecular complexity index is 2520. The molecule has 68 heavy (non-hydrogen) atoms. The van der Waals surface area contributed by atoms with E-state index < -0.39 is 53.7 Å². The molecule has 0 saturated carbocycles. The van der Waals surface area contributed by atoms with Crippen molar-refractivity contribution >= 4 is 35.4 Å². The van der Waals surface area contributed by atoms with Crippen molar-refractivity contribution < 1.29 is 33.4 Å². The number of ether oxygens (including phenoxy) is 2. The number of amides is 5. The lowest BCUT2D eigenvalue weighted by molar-refractivity contribution is -0.141. The van der Waals surface area contributed by atoms with Gasteiger partial charge in [0.25, 0.3) is 5.91 Å². The summed E-state index contributed by atoms with van der Waals surface area (Å²) in [6.07, 6.45) is -0.0175. The maximum atomic E-state index is 14.8. The van der Waals surface area contributed by atoms with Crippen LogP contribution in [0.4, 0.5) is 5.82 Å². The number of nitriles is 1. The van der Waals surface area contributed by atoms with Gasteiger partial charge in [-0.1, -0.05) is 57.2 Å². The highest BCUT2D eigenvalue weighted by molar-refractivity contribution is 6.03. The third kappa shape index (κ3) is 12.4. The van der Waals surface area contributed by atoms with E-state index in [4.69, 9.17) is 36.6 Å². The number of anilines is 1. The summed E-state index contributed by atoms with van der Waals surface area (Å²) in [6.45, 7) is 9.85. The van der Waals surface area contributed by atoms with Crippen molar-refractivity contribution in [2.75, 3.05) is 65.4 Å². The second-order valence-corrected chi connectivity index (χ2v) is 17.7. The minimum Gasteiger partial charge on any atom is -0.492 e. The predicted molar refractivity (Wildman–Crippen MR) is 259 cm³/mol. The van der Waals surface area contributed by atoms with Crippen LogP contribution >= 0.6 is 0 Å². The fraction of sp³-hybridized carbons (Fsp3) is 0.429. The number of nitrogens with one attached hydrogen (secondary N) is 4. The summed E-state index contributed by atoms with van der Waals surface area (Å²) in [5, 5.41) is 20.0. The Balaban J connectivity index is 1.60. The molecule has 0 spiro atoms. The predicted octanol–water partition coefficient (Wildman–Crippen LogP) is 1.99. The Morgan fingerprint density at radius 1 is 0.882 bits per heavy atom. The quantitative estimate of drug-likeness (QED) is 0.0792. The van der Waals surface area contributed by atoms with Gasteiger partial charge < -0.3 is 57.7 Å². The summed E-state index contributed by atoms with van der Waals surface area (Å²) in [6, 6.07) is 14.9. The van der Waals surface area contributed by atoms with Gasteiger partial charge >= 0.3 is 0 Å². The van der Waals surface area contributed by atoms with Gasteiger partial charge in [0.2, 0.25) is 23.6 Å². The van der Waals surface area contributed by atoms with Gasteiger partial charge in [0.1, 0.15) is 66.8 Å². The van der Waals surface area contributed by atoms with Crippen LogP contribution in [0, 0.1) is 18.3 Å². The molecule has 5 amide bonds. The second-order valence-electron chi connectivity index (χ2n) is 17.7. The number of hydrogen-bond donors (Lipinski definition) is 7. The van der Waals surface area contributed by atoms with Crippen molar-refractivity contribution in [1.29, 1.82) is 5.26 Å². The number of hydrogen-bond acceptors (Lipinski definition) is 14. The number of carbonyl (C=O) groups excluding carboxylic acids is 5. The SMILES string of the molecule is Cc1nc(-c2ccc(C(C)(C)C)cc2)nc(N(C)C)c1C(=O)NC(CCN)C(=O)N(C)C1C(=O)NC(C)C(=O)NC(C(=O)NCC#N)Cc2ccc(OCCN)c(c2)-c2cc1ccc2OCCN. The Hall–Kier alpha value is -7.14. The number of nitrogens with zero attached hydrogens (tertiary/aromatic N) is 5. The van der Waals surface area contributed by atoms with Gasteiger partial charge in [0.15, 0.2) is 5.82 Å². The zero-order valence-corrected chi connectivity index (χ0v) is 40.1. The third-order valence-electron chi connectivity index (χ3n) is 11.3. The highest BCUT2D eigenvalue weighted by Crippen LogP contribution is 2.40. The van der Waals surface area contributed by atoms with Crippen LogP contribution in [0.15, 0.2) is 60.7 Å². The number of benzene rings is 3. The topological polar surface area (TPSA) is 286 Å². The average Bonchev–Trinajstić information content (AvgIpc) is 3.30. The molecule has 3 aromatic carbocycles. The first-order valence-corrected chi connectivity index (χ1v) is 22.5. The molecule has 10 N–H and O–H groups in total. The molecule has 0 saturated heterocycles. The molecule has 1 aromatic heterocycles. The smallest absolute Gasteiger partial charge is 0.257 e. The van der Waals surface area contributed by atoms with Crippen molar-refractivity contribution in [3.63, 3.8) is 0 Å². The second kappa shape index (κ2) is 23.0. The summed E-state index contributed by atoms with van der Waals surface area (Å²) in [4.78, 5) is 83.5. The summed E-state index contributed by atoms with van der Waals surface area (Å²) in [5.41, 5.74) is 22.0. The maximum absolute atomic E-state index is 14.8. The summed E-state index contributed by atoms with van der Waals surface area (Å²) in [5.74, 6) is -1.89. The molecule has 4 atom stereocenters. The summed E-state index contributed by atoms with van der Waals surface area (Å²) in [7, 11) is 4.92. The van der Waals surface area contributed by atoms with Crippen molar-refractivity contribution in [3.05, 3.63) is 88.6 Å². The molecule has 0 fully saturated rings. The van der Waals surface area contributed by atoms with Gasteiger partial charge in [-0.2, -0.15) is 5.26 Å². The maximum Gasteiger partial charge on any atom is 0.257 e. The van der Waals surface area contributed by atoms with Gasteiger partial charge in [-0.25, -0.2) is 9.97 Å². The molecule has 1 aliphatic heterocycles. The first kappa shape index (κ1) is 51.8. The van der Waals surface area contributed by atoms with Gasteiger partial charge in [0, 0.05) is 57.3 Å². The fourth-order valence-electron chi connectivity index (χ4n) is 7.76. The van der Waals surface area contributed by atoms with Gasteiger partial charge in [-0.15, -0.1) is 0 Å². The van der Waals surface area contributed by atoms with E-state index in [0.717, 1.165) is 11.1 Å². The van der Waals surface area contributed by atoms with Crippen LogP contribution < -0.4 is 52.8 Å². The molecular formula is C49H64N12O7. The molecule has 5 rings (SSSR count). The normalized spacial score (nSPS) is 16.5. The van der Waals surface area contributed by atoms with Crippen molar-refractivity contribution in [1.82, 2.24) is 36.1 Å². The first-order valence-electron chi connectivity index (χ1n) is 22.5. The fourth-order valence-corrected chi connectivity index (χ4v) is 7.76. The molecular weight excluding hydrogens is 869 g/mol. The lowest BCUT2D eigenvalue weighted by Gasteiger charge is -2.33. The molecule has 4 bridgehead atoms. The van der Waals surface area contributed by atoms with Crippen LogP contribution in [0.25, 0.3) is 22.5 Å². The van der Waals surface area contributed by atoms with E-state index in [0.29, 0.717) is 51.1 Å². The van der Waals surface area contributed by atoms with Gasteiger partial charge in [-0.3, -0.25) is 24.0 Å². The highest BCUT2D eigenvalue weighted by atomic mass is 16.5. The van der Waals surface area contributed by atoms with E-state index in [9.17, 15) is 29.2 Å². The third-order valence-corrected chi connectivity index (χ3v) is 11.3. The molecule has 19 heteroatoms. The zero-order valence-electron chi connectivity index (χ0n) is 40.1. The van der Waals surface area contributed by atoms with E-state index >= 15 is 0 Å². The summed E-state index contributed by atoms with van der Waals surface area (Å²) >= 11 is 0. The van der Waals surface area contributed by atoms with Gasteiger partial charge in [0.05, 0.1) is 11.8 Å². The Morgan fingerprint density at radius 3 is 2.10 bits per heavy atom. The van der Waals surface area contributed by atoms with E-state index in [2.05, 4.69) is 42.0 Å². The van der Waals surface area contributed by atoms with Crippen LogP contribution in [0.2, 0.25) is 0 Å². The molecule has 0 aliphatic carbocycles. The molecule has 19 nitrogen and oxygen atoms in total. The molecule has 1 aliphatic rings. The monoisotopic (exact) mass is 933 g/mol.